The van der Waals surface area contributed by atoms with Crippen molar-refractivity contribution in [2.24, 2.45) is 0 Å². The van der Waals surface area contributed by atoms with E-state index in [0.29, 0.717) is 36.6 Å². The van der Waals surface area contributed by atoms with Gasteiger partial charge in [0.05, 0.1) is 18.8 Å². The molecule has 0 atom stereocenters. The van der Waals surface area contributed by atoms with Crippen LogP contribution < -0.4 is 0 Å². The van der Waals surface area contributed by atoms with Crippen molar-refractivity contribution in [1.29, 1.82) is 0 Å². The summed E-state index contributed by atoms with van der Waals surface area (Å²) in [5.41, 5.74) is 4.64. The summed E-state index contributed by atoms with van der Waals surface area (Å²) >= 11 is 5.87. The fourth-order valence-corrected chi connectivity index (χ4v) is 3.78. The molecule has 8 heteroatoms. The van der Waals surface area contributed by atoms with Gasteiger partial charge in [0.1, 0.15) is 10.8 Å². The summed E-state index contributed by atoms with van der Waals surface area (Å²) in [4.78, 5) is 8.73. The largest absolute Gasteiger partial charge is 0.375 e. The van der Waals surface area contributed by atoms with Crippen LogP contribution in [0.5, 0.6) is 0 Å². The second-order valence-corrected chi connectivity index (χ2v) is 8.07. The predicted octanol–water partition coefficient (Wildman–Crippen LogP) is 4.48. The molecule has 1 aromatic carbocycles. The van der Waals surface area contributed by atoms with Crippen molar-refractivity contribution in [3.8, 4) is 22.8 Å². The van der Waals surface area contributed by atoms with E-state index < -0.39 is 0 Å². The molecular formula is C23H21ClN4O3. The molecule has 1 aliphatic heterocycles. The summed E-state index contributed by atoms with van der Waals surface area (Å²) in [5.74, 6) is 1.03. The molecule has 0 radical (unpaired) electrons. The van der Waals surface area contributed by atoms with Gasteiger partial charge < -0.3 is 18.6 Å². The van der Waals surface area contributed by atoms with E-state index in [1.807, 2.05) is 49.5 Å². The summed E-state index contributed by atoms with van der Waals surface area (Å²) in [7, 11) is 1.71. The van der Waals surface area contributed by atoms with Crippen molar-refractivity contribution in [2.75, 3.05) is 20.3 Å². The normalized spacial score (nSPS) is 15.1. The average molecular weight is 437 g/mol. The van der Waals surface area contributed by atoms with E-state index in [1.54, 1.807) is 19.4 Å². The van der Waals surface area contributed by atoms with Crippen molar-refractivity contribution in [3.63, 3.8) is 0 Å². The van der Waals surface area contributed by atoms with Crippen LogP contribution in [-0.4, -0.2) is 40.0 Å². The number of pyridine rings is 1. The Labute approximate surface area is 184 Å². The highest BCUT2D eigenvalue weighted by Gasteiger charge is 2.40. The Morgan fingerprint density at radius 3 is 2.58 bits per heavy atom. The van der Waals surface area contributed by atoms with E-state index in [1.165, 1.54) is 0 Å². The Hall–Kier alpha value is -3.00. The van der Waals surface area contributed by atoms with Gasteiger partial charge in [0.25, 0.3) is 5.89 Å². The van der Waals surface area contributed by atoms with Gasteiger partial charge in [-0.25, -0.2) is 4.98 Å². The fourth-order valence-electron chi connectivity index (χ4n) is 3.67. The highest BCUT2D eigenvalue weighted by Crippen LogP contribution is 2.34. The first-order valence-corrected chi connectivity index (χ1v) is 10.3. The first kappa shape index (κ1) is 19.9. The first-order chi connectivity index (χ1) is 15.1. The minimum atomic E-state index is -0.346. The third kappa shape index (κ3) is 3.76. The summed E-state index contributed by atoms with van der Waals surface area (Å²) in [6.07, 6.45) is 3.78. The van der Waals surface area contributed by atoms with E-state index in [2.05, 4.69) is 19.7 Å². The van der Waals surface area contributed by atoms with Crippen LogP contribution >= 0.6 is 11.6 Å². The van der Waals surface area contributed by atoms with Gasteiger partial charge in [0.2, 0.25) is 5.82 Å². The molecule has 0 saturated carbocycles. The molecule has 0 bridgehead atoms. The van der Waals surface area contributed by atoms with Crippen molar-refractivity contribution in [2.45, 2.75) is 19.1 Å². The fraction of sp³-hybridized carbons (Fsp3) is 0.261. The summed E-state index contributed by atoms with van der Waals surface area (Å²) in [6, 6.07) is 13.8. The number of aromatic nitrogens is 4. The summed E-state index contributed by atoms with van der Waals surface area (Å²) < 4.78 is 18.6. The molecule has 4 aromatic rings. The molecule has 1 aliphatic rings. The maximum absolute atomic E-state index is 5.87. The SMILES string of the molecule is COC1(c2ccc(-c3noc(-c4cc(C)n(Cc5ccc(Cl)nc5)c4)n3)cc2)COC1. The van der Waals surface area contributed by atoms with E-state index in [-0.39, 0.29) is 5.60 Å². The molecule has 4 heterocycles. The van der Waals surface area contributed by atoms with Crippen LogP contribution in [0.1, 0.15) is 16.8 Å². The standard InChI is InChI=1S/C23H21ClN4O3/c1-15-9-18(12-28(15)11-16-3-8-20(24)25-10-16)22-26-21(27-31-22)17-4-6-19(7-5-17)23(29-2)13-30-14-23/h3-10,12H,11,13-14H2,1-2H3. The maximum atomic E-state index is 5.87. The maximum Gasteiger partial charge on any atom is 0.259 e. The Morgan fingerprint density at radius 1 is 1.13 bits per heavy atom. The van der Waals surface area contributed by atoms with Crippen molar-refractivity contribution < 1.29 is 14.0 Å². The number of ether oxygens (including phenoxy) is 2. The summed E-state index contributed by atoms with van der Waals surface area (Å²) in [6.45, 7) is 3.86. The Balaban J connectivity index is 1.35. The third-order valence-electron chi connectivity index (χ3n) is 5.66. The van der Waals surface area contributed by atoms with Gasteiger partial charge >= 0.3 is 0 Å². The summed E-state index contributed by atoms with van der Waals surface area (Å²) in [5, 5.41) is 4.65. The number of rotatable bonds is 6. The Bertz CT molecular complexity index is 1190. The Morgan fingerprint density at radius 2 is 1.94 bits per heavy atom. The number of nitrogens with zero attached hydrogens (tertiary/aromatic N) is 4. The van der Waals surface area contributed by atoms with Gasteiger partial charge in [0, 0.05) is 37.3 Å². The highest BCUT2D eigenvalue weighted by molar-refractivity contribution is 6.29. The number of halogens is 1. The molecule has 0 amide bonds. The molecule has 3 aromatic heterocycles. The molecule has 0 spiro atoms. The van der Waals surface area contributed by atoms with E-state index in [0.717, 1.165) is 27.9 Å². The van der Waals surface area contributed by atoms with Gasteiger partial charge in [-0.1, -0.05) is 47.1 Å². The molecule has 1 fully saturated rings. The second kappa shape index (κ2) is 7.92. The van der Waals surface area contributed by atoms with Crippen LogP contribution in [0.4, 0.5) is 0 Å². The molecule has 158 valence electrons. The third-order valence-corrected chi connectivity index (χ3v) is 5.88. The molecule has 7 nitrogen and oxygen atoms in total. The number of hydrogen-bond acceptors (Lipinski definition) is 6. The number of methoxy groups -OCH3 is 1. The van der Waals surface area contributed by atoms with Gasteiger partial charge in [-0.3, -0.25) is 0 Å². The highest BCUT2D eigenvalue weighted by atomic mass is 35.5. The van der Waals surface area contributed by atoms with E-state index in [9.17, 15) is 0 Å². The number of aryl methyl sites for hydroxylation is 1. The Kier molecular flexibility index (Phi) is 5.09. The minimum Gasteiger partial charge on any atom is -0.375 e. The lowest BCUT2D eigenvalue weighted by Crippen LogP contribution is -2.48. The van der Waals surface area contributed by atoms with Gasteiger partial charge in [-0.2, -0.15) is 4.98 Å². The lowest BCUT2D eigenvalue weighted by molar-refractivity contribution is -0.202. The smallest absolute Gasteiger partial charge is 0.259 e. The zero-order chi connectivity index (χ0) is 21.4. The number of benzene rings is 1. The zero-order valence-electron chi connectivity index (χ0n) is 17.2. The molecule has 0 aliphatic carbocycles. The van der Waals surface area contributed by atoms with Crippen molar-refractivity contribution in [1.82, 2.24) is 19.7 Å². The molecule has 0 unspecified atom stereocenters. The van der Waals surface area contributed by atoms with Crippen LogP contribution in [0.3, 0.4) is 0 Å². The van der Waals surface area contributed by atoms with E-state index in [4.69, 9.17) is 25.6 Å². The number of hydrogen-bond donors (Lipinski definition) is 0. The van der Waals surface area contributed by atoms with Crippen LogP contribution in [0.2, 0.25) is 5.15 Å². The van der Waals surface area contributed by atoms with Gasteiger partial charge in [-0.15, -0.1) is 0 Å². The lowest BCUT2D eigenvalue weighted by atomic mass is 9.91. The zero-order valence-corrected chi connectivity index (χ0v) is 18.0. The van der Waals surface area contributed by atoms with E-state index >= 15 is 0 Å². The van der Waals surface area contributed by atoms with Gasteiger partial charge in [0.15, 0.2) is 0 Å². The van der Waals surface area contributed by atoms with Gasteiger partial charge in [-0.05, 0) is 30.2 Å². The average Bonchev–Trinajstić information content (AvgIpc) is 3.37. The molecule has 31 heavy (non-hydrogen) atoms. The monoisotopic (exact) mass is 436 g/mol. The first-order valence-electron chi connectivity index (χ1n) is 9.91. The second-order valence-electron chi connectivity index (χ2n) is 7.68. The van der Waals surface area contributed by atoms with Crippen molar-refractivity contribution in [3.05, 3.63) is 76.8 Å². The van der Waals surface area contributed by atoms with Crippen LogP contribution in [-0.2, 0) is 21.6 Å². The van der Waals surface area contributed by atoms with Crippen LogP contribution in [0.15, 0.2) is 59.4 Å². The molecular weight excluding hydrogens is 416 g/mol. The van der Waals surface area contributed by atoms with Crippen molar-refractivity contribution >= 4 is 11.6 Å². The minimum absolute atomic E-state index is 0.346. The molecule has 5 rings (SSSR count). The van der Waals surface area contributed by atoms with Crippen LogP contribution in [0.25, 0.3) is 22.8 Å². The molecule has 1 saturated heterocycles. The quantitative estimate of drug-likeness (QED) is 0.415. The topological polar surface area (TPSA) is 75.2 Å². The molecule has 0 N–H and O–H groups in total. The predicted molar refractivity (Wildman–Crippen MR) is 116 cm³/mol. The lowest BCUT2D eigenvalue weighted by Gasteiger charge is -2.40. The van der Waals surface area contributed by atoms with Crippen LogP contribution in [0, 0.1) is 6.92 Å².